The lowest BCUT2D eigenvalue weighted by atomic mass is 10.2. The van der Waals surface area contributed by atoms with Crippen LogP contribution in [0, 0.1) is 11.3 Å². The maximum absolute atomic E-state index is 11.6. The van der Waals surface area contributed by atoms with Crippen molar-refractivity contribution in [2.45, 2.75) is 0 Å². The highest BCUT2D eigenvalue weighted by Gasteiger charge is 2.05. The third-order valence-corrected chi connectivity index (χ3v) is 3.41. The molecule has 0 saturated heterocycles. The highest BCUT2D eigenvalue weighted by atomic mass is 32.1. The second-order valence-electron chi connectivity index (χ2n) is 4.19. The molecule has 1 aromatic carbocycles. The Kier molecular flexibility index (Phi) is 5.46. The number of anilines is 1. The Hall–Kier alpha value is -2.91. The summed E-state index contributed by atoms with van der Waals surface area (Å²) in [6, 6.07) is 12.1. The van der Waals surface area contributed by atoms with Gasteiger partial charge in [0.05, 0.1) is 11.6 Å². The Balaban J connectivity index is 1.77. The molecule has 0 fully saturated rings. The molecule has 6 heteroatoms. The van der Waals surface area contributed by atoms with Gasteiger partial charge in [-0.05, 0) is 41.8 Å². The molecule has 5 nitrogen and oxygen atoms in total. The molecule has 0 spiro atoms. The SMILES string of the molecule is N#Cc1ccc(NC(=O)COC(=O)/C=C/c2cccs2)cc1. The van der Waals surface area contributed by atoms with E-state index >= 15 is 0 Å². The van der Waals surface area contributed by atoms with E-state index in [2.05, 4.69) is 5.32 Å². The maximum Gasteiger partial charge on any atom is 0.331 e. The van der Waals surface area contributed by atoms with Crippen molar-refractivity contribution in [3.8, 4) is 6.07 Å². The summed E-state index contributed by atoms with van der Waals surface area (Å²) in [6.07, 6.45) is 2.91. The Labute approximate surface area is 131 Å². The Morgan fingerprint density at radius 1 is 1.27 bits per heavy atom. The zero-order valence-electron chi connectivity index (χ0n) is 11.5. The van der Waals surface area contributed by atoms with Gasteiger partial charge in [0.25, 0.3) is 5.91 Å². The molecule has 22 heavy (non-hydrogen) atoms. The molecular weight excluding hydrogens is 300 g/mol. The first kappa shape index (κ1) is 15.5. The molecule has 1 aromatic heterocycles. The van der Waals surface area contributed by atoms with Gasteiger partial charge in [-0.25, -0.2) is 4.79 Å². The normalized spacial score (nSPS) is 10.1. The van der Waals surface area contributed by atoms with E-state index in [1.54, 1.807) is 30.3 Å². The van der Waals surface area contributed by atoms with E-state index in [0.29, 0.717) is 11.3 Å². The summed E-state index contributed by atoms with van der Waals surface area (Å²) in [7, 11) is 0. The molecule has 1 heterocycles. The Morgan fingerprint density at radius 3 is 2.68 bits per heavy atom. The molecule has 1 N–H and O–H groups in total. The summed E-state index contributed by atoms with van der Waals surface area (Å²) in [4.78, 5) is 24.0. The number of esters is 1. The second kappa shape index (κ2) is 7.76. The van der Waals surface area contributed by atoms with Crippen molar-refractivity contribution in [3.05, 3.63) is 58.3 Å². The number of ether oxygens (including phenoxy) is 1. The third kappa shape index (κ3) is 4.89. The van der Waals surface area contributed by atoms with Crippen LogP contribution in [0.5, 0.6) is 0 Å². The molecule has 0 unspecified atom stereocenters. The van der Waals surface area contributed by atoms with Crippen molar-refractivity contribution in [1.29, 1.82) is 5.26 Å². The van der Waals surface area contributed by atoms with Crippen molar-refractivity contribution >= 4 is 35.0 Å². The number of rotatable bonds is 5. The molecule has 2 rings (SSSR count). The number of nitriles is 1. The van der Waals surface area contributed by atoms with Crippen molar-refractivity contribution in [2.75, 3.05) is 11.9 Å². The zero-order valence-corrected chi connectivity index (χ0v) is 12.3. The van der Waals surface area contributed by atoms with Crippen LogP contribution in [0.4, 0.5) is 5.69 Å². The maximum atomic E-state index is 11.6. The molecule has 1 amide bonds. The predicted molar refractivity (Wildman–Crippen MR) is 84.1 cm³/mol. The van der Waals surface area contributed by atoms with Crippen LogP contribution < -0.4 is 5.32 Å². The van der Waals surface area contributed by atoms with E-state index in [1.165, 1.54) is 17.4 Å². The van der Waals surface area contributed by atoms with E-state index in [9.17, 15) is 9.59 Å². The van der Waals surface area contributed by atoms with Crippen LogP contribution in [-0.2, 0) is 14.3 Å². The summed E-state index contributed by atoms with van der Waals surface area (Å²) in [5.41, 5.74) is 1.04. The summed E-state index contributed by atoms with van der Waals surface area (Å²) in [5.74, 6) is -1.02. The Morgan fingerprint density at radius 2 is 2.05 bits per heavy atom. The molecule has 110 valence electrons. The molecule has 0 radical (unpaired) electrons. The number of amides is 1. The average molecular weight is 312 g/mol. The molecule has 2 aromatic rings. The van der Waals surface area contributed by atoms with Crippen LogP contribution in [0.25, 0.3) is 6.08 Å². The lowest BCUT2D eigenvalue weighted by Gasteiger charge is -2.05. The zero-order chi connectivity index (χ0) is 15.8. The molecule has 0 saturated carbocycles. The van der Waals surface area contributed by atoms with Crippen molar-refractivity contribution < 1.29 is 14.3 Å². The second-order valence-corrected chi connectivity index (χ2v) is 5.17. The van der Waals surface area contributed by atoms with Gasteiger partial charge in [-0.3, -0.25) is 4.79 Å². The number of hydrogen-bond donors (Lipinski definition) is 1. The minimum atomic E-state index is -0.580. The first-order valence-corrected chi connectivity index (χ1v) is 7.24. The molecule has 0 aliphatic rings. The van der Waals surface area contributed by atoms with E-state index in [1.807, 2.05) is 23.6 Å². The third-order valence-electron chi connectivity index (χ3n) is 2.57. The van der Waals surface area contributed by atoms with Gasteiger partial charge in [0.15, 0.2) is 6.61 Å². The van der Waals surface area contributed by atoms with Crippen LogP contribution in [0.15, 0.2) is 47.9 Å². The van der Waals surface area contributed by atoms with Gasteiger partial charge in [-0.2, -0.15) is 5.26 Å². The topological polar surface area (TPSA) is 79.2 Å². The fraction of sp³-hybridized carbons (Fsp3) is 0.0625. The lowest BCUT2D eigenvalue weighted by Crippen LogP contribution is -2.20. The van der Waals surface area contributed by atoms with Gasteiger partial charge in [-0.1, -0.05) is 6.07 Å². The van der Waals surface area contributed by atoms with Crippen LogP contribution in [0.1, 0.15) is 10.4 Å². The molecule has 0 atom stereocenters. The van der Waals surface area contributed by atoms with Crippen LogP contribution in [-0.4, -0.2) is 18.5 Å². The van der Waals surface area contributed by atoms with E-state index < -0.39 is 11.9 Å². The van der Waals surface area contributed by atoms with E-state index in [4.69, 9.17) is 10.00 Å². The number of nitrogens with zero attached hydrogens (tertiary/aromatic N) is 1. The van der Waals surface area contributed by atoms with Crippen molar-refractivity contribution in [1.82, 2.24) is 0 Å². The number of hydrogen-bond acceptors (Lipinski definition) is 5. The Bertz CT molecular complexity index is 713. The van der Waals surface area contributed by atoms with E-state index in [-0.39, 0.29) is 6.61 Å². The predicted octanol–water partition coefficient (Wildman–Crippen LogP) is 2.81. The van der Waals surface area contributed by atoms with Gasteiger partial charge in [-0.15, -0.1) is 11.3 Å². The highest BCUT2D eigenvalue weighted by Crippen LogP contribution is 2.10. The lowest BCUT2D eigenvalue weighted by molar-refractivity contribution is -0.142. The van der Waals surface area contributed by atoms with Gasteiger partial charge in [0.1, 0.15) is 0 Å². The summed E-state index contributed by atoms with van der Waals surface area (Å²) in [5, 5.41) is 13.1. The largest absolute Gasteiger partial charge is 0.452 e. The first-order valence-electron chi connectivity index (χ1n) is 6.36. The quantitative estimate of drug-likeness (QED) is 0.680. The summed E-state index contributed by atoms with van der Waals surface area (Å²) in [6.45, 7) is -0.367. The number of thiophene rings is 1. The minimum Gasteiger partial charge on any atom is -0.452 e. The van der Waals surface area contributed by atoms with Gasteiger partial charge in [0.2, 0.25) is 0 Å². The molecule has 0 aliphatic heterocycles. The van der Waals surface area contributed by atoms with Crippen LogP contribution >= 0.6 is 11.3 Å². The minimum absolute atomic E-state index is 0.367. The monoisotopic (exact) mass is 312 g/mol. The number of carbonyl (C=O) groups is 2. The van der Waals surface area contributed by atoms with Crippen molar-refractivity contribution in [2.24, 2.45) is 0 Å². The summed E-state index contributed by atoms with van der Waals surface area (Å²) < 4.78 is 4.83. The molecule has 0 aliphatic carbocycles. The summed E-state index contributed by atoms with van der Waals surface area (Å²) >= 11 is 1.50. The highest BCUT2D eigenvalue weighted by molar-refractivity contribution is 7.10. The van der Waals surface area contributed by atoms with Gasteiger partial charge in [0, 0.05) is 16.6 Å². The van der Waals surface area contributed by atoms with Crippen LogP contribution in [0.3, 0.4) is 0 Å². The van der Waals surface area contributed by atoms with Crippen LogP contribution in [0.2, 0.25) is 0 Å². The fourth-order valence-electron chi connectivity index (χ4n) is 1.55. The fourth-order valence-corrected chi connectivity index (χ4v) is 2.16. The number of nitrogens with one attached hydrogen (secondary N) is 1. The number of benzene rings is 1. The average Bonchev–Trinajstić information content (AvgIpc) is 3.05. The molecular formula is C16H12N2O3S. The number of carbonyl (C=O) groups excluding carboxylic acids is 2. The van der Waals surface area contributed by atoms with Gasteiger partial charge >= 0.3 is 5.97 Å². The smallest absolute Gasteiger partial charge is 0.331 e. The molecule has 0 bridgehead atoms. The standard InChI is InChI=1S/C16H12N2O3S/c17-10-12-3-5-13(6-4-12)18-15(19)11-21-16(20)8-7-14-2-1-9-22-14/h1-9H,11H2,(H,18,19)/b8-7+. The van der Waals surface area contributed by atoms with E-state index in [0.717, 1.165) is 4.88 Å². The van der Waals surface area contributed by atoms with Crippen molar-refractivity contribution in [3.63, 3.8) is 0 Å². The first-order chi connectivity index (χ1) is 10.7. The van der Waals surface area contributed by atoms with Gasteiger partial charge < -0.3 is 10.1 Å².